The van der Waals surface area contributed by atoms with Crippen molar-refractivity contribution in [3.8, 4) is 10.4 Å². The first-order valence-electron chi connectivity index (χ1n) is 7.99. The second-order valence-electron chi connectivity index (χ2n) is 5.84. The molecule has 0 aliphatic rings. The minimum Gasteiger partial charge on any atom is -0.394 e. The van der Waals surface area contributed by atoms with Gasteiger partial charge in [0, 0.05) is 11.9 Å². The number of benzene rings is 2. The minimum atomic E-state index is -0.644. The number of hydrogen-bond acceptors (Lipinski definition) is 3. The number of nitrogens with zero attached hydrogens (tertiary/aromatic N) is 1. The van der Waals surface area contributed by atoms with Gasteiger partial charge in [-0.3, -0.25) is 4.79 Å². The van der Waals surface area contributed by atoms with E-state index >= 15 is 0 Å². The maximum atomic E-state index is 13.5. The van der Waals surface area contributed by atoms with Gasteiger partial charge in [0.15, 0.2) is 0 Å². The van der Waals surface area contributed by atoms with Crippen LogP contribution in [0.2, 0.25) is 0 Å². The van der Waals surface area contributed by atoms with Crippen LogP contribution in [-0.4, -0.2) is 29.6 Å². The van der Waals surface area contributed by atoms with E-state index in [2.05, 4.69) is 0 Å². The Morgan fingerprint density at radius 3 is 2.46 bits per heavy atom. The second-order valence-corrected chi connectivity index (χ2v) is 6.92. The van der Waals surface area contributed by atoms with Crippen LogP contribution in [0.1, 0.15) is 21.3 Å². The van der Waals surface area contributed by atoms with Gasteiger partial charge in [0.05, 0.1) is 17.5 Å². The molecule has 3 aromatic rings. The molecule has 6 heteroatoms. The molecule has 1 amide bonds. The van der Waals surface area contributed by atoms with Gasteiger partial charge in [-0.25, -0.2) is 8.78 Å². The van der Waals surface area contributed by atoms with Crippen molar-refractivity contribution in [3.05, 3.63) is 82.7 Å². The second kappa shape index (κ2) is 7.76. The Morgan fingerprint density at radius 2 is 1.81 bits per heavy atom. The fourth-order valence-corrected chi connectivity index (χ4v) is 3.70. The highest BCUT2D eigenvalue weighted by Crippen LogP contribution is 2.30. The normalized spacial score (nSPS) is 12.0. The van der Waals surface area contributed by atoms with Crippen molar-refractivity contribution >= 4 is 17.2 Å². The average molecular weight is 373 g/mol. The molecule has 0 saturated carbocycles. The first-order chi connectivity index (χ1) is 12.5. The van der Waals surface area contributed by atoms with Crippen molar-refractivity contribution in [2.24, 2.45) is 0 Å². The molecule has 134 valence electrons. The molecule has 1 atom stereocenters. The third-order valence-electron chi connectivity index (χ3n) is 4.14. The van der Waals surface area contributed by atoms with Crippen LogP contribution in [0.4, 0.5) is 8.78 Å². The van der Waals surface area contributed by atoms with Crippen molar-refractivity contribution in [1.29, 1.82) is 0 Å². The quantitative estimate of drug-likeness (QED) is 0.715. The molecule has 1 heterocycles. The van der Waals surface area contributed by atoms with Crippen LogP contribution in [0, 0.1) is 11.6 Å². The summed E-state index contributed by atoms with van der Waals surface area (Å²) >= 11 is 1.29. The van der Waals surface area contributed by atoms with E-state index in [1.54, 1.807) is 43.4 Å². The zero-order chi connectivity index (χ0) is 18.7. The number of hydrogen-bond donors (Lipinski definition) is 1. The van der Waals surface area contributed by atoms with Crippen LogP contribution < -0.4 is 0 Å². The van der Waals surface area contributed by atoms with E-state index in [1.165, 1.54) is 40.5 Å². The van der Waals surface area contributed by atoms with Gasteiger partial charge in [-0.1, -0.05) is 24.3 Å². The van der Waals surface area contributed by atoms with E-state index < -0.39 is 11.9 Å². The molecular formula is C20H17F2NO2S. The lowest BCUT2D eigenvalue weighted by molar-refractivity contribution is 0.0663. The Balaban J connectivity index is 1.83. The van der Waals surface area contributed by atoms with Gasteiger partial charge in [0.1, 0.15) is 11.6 Å². The van der Waals surface area contributed by atoms with Gasteiger partial charge in [-0.05, 0) is 47.5 Å². The smallest absolute Gasteiger partial charge is 0.264 e. The average Bonchev–Trinajstić information content (AvgIpc) is 3.12. The van der Waals surface area contributed by atoms with E-state index in [0.717, 1.165) is 10.4 Å². The van der Waals surface area contributed by atoms with E-state index in [0.29, 0.717) is 10.4 Å². The highest BCUT2D eigenvalue weighted by Gasteiger charge is 2.23. The number of thiophene rings is 1. The molecule has 0 aliphatic heterocycles. The summed E-state index contributed by atoms with van der Waals surface area (Å²) in [6.45, 7) is -0.318. The van der Waals surface area contributed by atoms with Crippen molar-refractivity contribution in [3.63, 3.8) is 0 Å². The molecular weight excluding hydrogens is 356 g/mol. The third kappa shape index (κ3) is 3.81. The number of carbonyl (C=O) groups is 1. The van der Waals surface area contributed by atoms with Crippen molar-refractivity contribution < 1.29 is 18.7 Å². The SMILES string of the molecule is CN(C(=O)c1ccc(-c2ccc(F)cc2)s1)[C@@H](CO)c1cccc(F)c1. The molecule has 0 radical (unpaired) electrons. The Labute approximate surface area is 154 Å². The van der Waals surface area contributed by atoms with Gasteiger partial charge in [-0.2, -0.15) is 0 Å². The fourth-order valence-electron chi connectivity index (χ4n) is 2.70. The van der Waals surface area contributed by atoms with Crippen molar-refractivity contribution in [2.75, 3.05) is 13.7 Å². The summed E-state index contributed by atoms with van der Waals surface area (Å²) in [5, 5.41) is 9.70. The number of likely N-dealkylation sites (N-methyl/N-ethyl adjacent to an activating group) is 1. The van der Waals surface area contributed by atoms with Crippen LogP contribution in [-0.2, 0) is 0 Å². The summed E-state index contributed by atoms with van der Waals surface area (Å²) in [6, 6.07) is 14.7. The zero-order valence-corrected chi connectivity index (χ0v) is 14.8. The molecule has 0 bridgehead atoms. The van der Waals surface area contributed by atoms with Gasteiger partial charge in [0.25, 0.3) is 5.91 Å². The molecule has 0 aliphatic carbocycles. The molecule has 3 nitrogen and oxygen atoms in total. The lowest BCUT2D eigenvalue weighted by atomic mass is 10.1. The Bertz CT molecular complexity index is 908. The molecule has 1 N–H and O–H groups in total. The van der Waals surface area contributed by atoms with Crippen molar-refractivity contribution in [1.82, 2.24) is 4.90 Å². The highest BCUT2D eigenvalue weighted by atomic mass is 32.1. The number of halogens is 2. The fraction of sp³-hybridized carbons (Fsp3) is 0.150. The predicted octanol–water partition coefficient (Wildman–Crippen LogP) is 4.50. The summed E-state index contributed by atoms with van der Waals surface area (Å²) in [6.07, 6.45) is 0. The summed E-state index contributed by atoms with van der Waals surface area (Å²) in [4.78, 5) is 15.5. The molecule has 0 spiro atoms. The first kappa shape index (κ1) is 18.2. The van der Waals surface area contributed by atoms with E-state index in [-0.39, 0.29) is 18.3 Å². The van der Waals surface area contributed by atoms with Gasteiger partial charge < -0.3 is 10.0 Å². The molecule has 3 rings (SSSR count). The Hall–Kier alpha value is -2.57. The number of aliphatic hydroxyl groups is 1. The van der Waals surface area contributed by atoms with Crippen LogP contribution in [0.5, 0.6) is 0 Å². The monoisotopic (exact) mass is 373 g/mol. The number of amides is 1. The van der Waals surface area contributed by atoms with Crippen molar-refractivity contribution in [2.45, 2.75) is 6.04 Å². The van der Waals surface area contributed by atoms with E-state index in [4.69, 9.17) is 0 Å². The molecule has 0 saturated heterocycles. The van der Waals surface area contributed by atoms with Crippen LogP contribution in [0.3, 0.4) is 0 Å². The maximum absolute atomic E-state index is 13.5. The third-order valence-corrected chi connectivity index (χ3v) is 5.26. The summed E-state index contributed by atoms with van der Waals surface area (Å²) in [5.74, 6) is -1.01. The summed E-state index contributed by atoms with van der Waals surface area (Å²) in [7, 11) is 1.57. The lowest BCUT2D eigenvalue weighted by Gasteiger charge is -2.26. The van der Waals surface area contributed by atoms with Crippen LogP contribution in [0.15, 0.2) is 60.7 Å². The number of rotatable bonds is 5. The highest BCUT2D eigenvalue weighted by molar-refractivity contribution is 7.17. The lowest BCUT2D eigenvalue weighted by Crippen LogP contribution is -2.32. The topological polar surface area (TPSA) is 40.5 Å². The standard InChI is InChI=1S/C20H17F2NO2S/c1-23(17(12-24)14-3-2-4-16(22)11-14)20(25)19-10-9-18(26-19)13-5-7-15(21)8-6-13/h2-11,17,24H,12H2,1H3/t17-/m0/s1. The molecule has 0 fully saturated rings. The van der Waals surface area contributed by atoms with E-state index in [1.807, 2.05) is 0 Å². The Morgan fingerprint density at radius 1 is 1.08 bits per heavy atom. The van der Waals surface area contributed by atoms with Gasteiger partial charge in [0.2, 0.25) is 0 Å². The maximum Gasteiger partial charge on any atom is 0.264 e. The minimum absolute atomic E-state index is 0.272. The van der Waals surface area contributed by atoms with E-state index in [9.17, 15) is 18.7 Å². The predicted molar refractivity (Wildman–Crippen MR) is 98.0 cm³/mol. The first-order valence-corrected chi connectivity index (χ1v) is 8.80. The largest absolute Gasteiger partial charge is 0.394 e. The van der Waals surface area contributed by atoms with Crippen LogP contribution >= 0.6 is 11.3 Å². The molecule has 2 aromatic carbocycles. The number of carbonyl (C=O) groups excluding carboxylic acids is 1. The number of aliphatic hydroxyl groups excluding tert-OH is 1. The molecule has 26 heavy (non-hydrogen) atoms. The zero-order valence-electron chi connectivity index (χ0n) is 14.0. The van der Waals surface area contributed by atoms with Gasteiger partial charge in [-0.15, -0.1) is 11.3 Å². The Kier molecular flexibility index (Phi) is 5.44. The van der Waals surface area contributed by atoms with Gasteiger partial charge >= 0.3 is 0 Å². The molecule has 1 aromatic heterocycles. The summed E-state index contributed by atoms with van der Waals surface area (Å²) < 4.78 is 26.5. The van der Waals surface area contributed by atoms with Crippen LogP contribution in [0.25, 0.3) is 10.4 Å². The summed E-state index contributed by atoms with van der Waals surface area (Å²) in [5.41, 5.74) is 1.35. The molecule has 0 unspecified atom stereocenters.